The third-order valence-electron chi connectivity index (χ3n) is 5.03. The zero-order chi connectivity index (χ0) is 21.0. The first kappa shape index (κ1) is 20.5. The fourth-order valence-electron chi connectivity index (χ4n) is 3.26. The lowest BCUT2D eigenvalue weighted by Gasteiger charge is -2.16. The number of unbranched alkanes of at least 4 members (excludes halogenated alkanes) is 1. The van der Waals surface area contributed by atoms with Crippen LogP contribution in [0, 0.1) is 6.92 Å². The Morgan fingerprint density at radius 1 is 1.07 bits per heavy atom. The molecule has 1 heterocycles. The van der Waals surface area contributed by atoms with E-state index < -0.39 is 0 Å². The van der Waals surface area contributed by atoms with E-state index in [1.54, 1.807) is 40.7 Å². The van der Waals surface area contributed by atoms with Gasteiger partial charge in [0.2, 0.25) is 0 Å². The standard InChI is InChI=1S/C23H27N3O3/c1-5-6-16-29-20-14-12-18(13-15-20)22(27)24(3)21-17(2)25(4)26(23(21)28)19-10-8-7-9-11-19/h7-15H,5-6,16H2,1-4H3. The second-order valence-electron chi connectivity index (χ2n) is 7.00. The Kier molecular flexibility index (Phi) is 6.22. The SMILES string of the molecule is CCCCOc1ccc(C(=O)N(C)c2c(C)n(C)n(-c3ccccc3)c2=O)cc1. The summed E-state index contributed by atoms with van der Waals surface area (Å²) in [4.78, 5) is 27.5. The minimum Gasteiger partial charge on any atom is -0.494 e. The lowest BCUT2D eigenvalue weighted by molar-refractivity contribution is 0.0992. The Morgan fingerprint density at radius 2 is 1.72 bits per heavy atom. The molecule has 1 aromatic heterocycles. The van der Waals surface area contributed by atoms with Crippen molar-refractivity contribution < 1.29 is 9.53 Å². The Balaban J connectivity index is 1.88. The van der Waals surface area contributed by atoms with Crippen molar-refractivity contribution in [1.29, 1.82) is 0 Å². The number of hydrogen-bond donors (Lipinski definition) is 0. The predicted octanol–water partition coefficient (Wildman–Crippen LogP) is 3.94. The van der Waals surface area contributed by atoms with E-state index in [2.05, 4.69) is 6.92 Å². The molecule has 152 valence electrons. The maximum Gasteiger partial charge on any atom is 0.295 e. The van der Waals surface area contributed by atoms with Gasteiger partial charge in [0.25, 0.3) is 11.5 Å². The average Bonchev–Trinajstić information content (AvgIpc) is 2.96. The largest absolute Gasteiger partial charge is 0.494 e. The number of nitrogens with zero attached hydrogens (tertiary/aromatic N) is 3. The smallest absolute Gasteiger partial charge is 0.295 e. The van der Waals surface area contributed by atoms with Crippen LogP contribution in [0.15, 0.2) is 59.4 Å². The number of aromatic nitrogens is 2. The molecule has 0 unspecified atom stereocenters. The van der Waals surface area contributed by atoms with E-state index in [4.69, 9.17) is 4.74 Å². The molecule has 0 aliphatic carbocycles. The minimum absolute atomic E-state index is 0.230. The molecule has 0 bridgehead atoms. The Morgan fingerprint density at radius 3 is 2.34 bits per heavy atom. The Labute approximate surface area is 170 Å². The van der Waals surface area contributed by atoms with E-state index in [0.29, 0.717) is 23.6 Å². The molecule has 6 nitrogen and oxygen atoms in total. The van der Waals surface area contributed by atoms with E-state index in [1.807, 2.05) is 44.3 Å². The summed E-state index contributed by atoms with van der Waals surface area (Å²) in [5.41, 5.74) is 2.11. The van der Waals surface area contributed by atoms with Crippen molar-refractivity contribution in [3.8, 4) is 11.4 Å². The minimum atomic E-state index is -0.240. The van der Waals surface area contributed by atoms with Gasteiger partial charge < -0.3 is 9.64 Å². The van der Waals surface area contributed by atoms with Crippen LogP contribution < -0.4 is 15.2 Å². The molecule has 1 amide bonds. The topological polar surface area (TPSA) is 56.5 Å². The van der Waals surface area contributed by atoms with Crippen molar-refractivity contribution in [2.45, 2.75) is 26.7 Å². The van der Waals surface area contributed by atoms with Gasteiger partial charge in [0.1, 0.15) is 11.4 Å². The number of carbonyl (C=O) groups excluding carboxylic acids is 1. The summed E-state index contributed by atoms with van der Waals surface area (Å²) in [5, 5.41) is 0. The van der Waals surface area contributed by atoms with Gasteiger partial charge in [-0.05, 0) is 49.7 Å². The van der Waals surface area contributed by atoms with Gasteiger partial charge >= 0.3 is 0 Å². The number of ether oxygens (including phenoxy) is 1. The Bertz CT molecular complexity index is 1030. The first-order valence-electron chi connectivity index (χ1n) is 9.80. The van der Waals surface area contributed by atoms with Crippen LogP contribution in [-0.4, -0.2) is 28.9 Å². The molecule has 0 radical (unpaired) electrons. The summed E-state index contributed by atoms with van der Waals surface area (Å²) in [6, 6.07) is 16.4. The molecule has 29 heavy (non-hydrogen) atoms. The fourth-order valence-corrected chi connectivity index (χ4v) is 3.26. The summed E-state index contributed by atoms with van der Waals surface area (Å²) in [5.74, 6) is 0.496. The number of carbonyl (C=O) groups is 1. The molecular formula is C23H27N3O3. The monoisotopic (exact) mass is 393 g/mol. The van der Waals surface area contributed by atoms with E-state index in [1.165, 1.54) is 4.90 Å². The molecule has 0 aliphatic heterocycles. The van der Waals surface area contributed by atoms with Crippen LogP contribution in [0.2, 0.25) is 0 Å². The zero-order valence-electron chi connectivity index (χ0n) is 17.4. The van der Waals surface area contributed by atoms with Gasteiger partial charge in [-0.2, -0.15) is 0 Å². The van der Waals surface area contributed by atoms with Crippen LogP contribution in [0.3, 0.4) is 0 Å². The van der Waals surface area contributed by atoms with Crippen molar-refractivity contribution >= 4 is 11.6 Å². The van der Waals surface area contributed by atoms with Gasteiger partial charge in [0.15, 0.2) is 0 Å². The van der Waals surface area contributed by atoms with Crippen LogP contribution in [-0.2, 0) is 7.05 Å². The number of rotatable bonds is 7. The van der Waals surface area contributed by atoms with Gasteiger partial charge in [0, 0.05) is 19.7 Å². The normalized spacial score (nSPS) is 10.8. The number of benzene rings is 2. The van der Waals surface area contributed by atoms with Crippen LogP contribution in [0.1, 0.15) is 35.8 Å². The van der Waals surface area contributed by atoms with Gasteiger partial charge in [0.05, 0.1) is 18.0 Å². The van der Waals surface area contributed by atoms with Crippen LogP contribution >= 0.6 is 0 Å². The second kappa shape index (κ2) is 8.82. The number of para-hydroxylation sites is 1. The highest BCUT2D eigenvalue weighted by molar-refractivity contribution is 6.06. The van der Waals surface area contributed by atoms with Crippen molar-refractivity contribution in [2.75, 3.05) is 18.6 Å². The van der Waals surface area contributed by atoms with Gasteiger partial charge in [-0.25, -0.2) is 4.68 Å². The van der Waals surface area contributed by atoms with E-state index in [9.17, 15) is 9.59 Å². The molecule has 0 spiro atoms. The molecule has 2 aromatic carbocycles. The summed E-state index contributed by atoms with van der Waals surface area (Å²) in [6.45, 7) is 4.61. The third-order valence-corrected chi connectivity index (χ3v) is 5.03. The molecule has 0 N–H and O–H groups in total. The lowest BCUT2D eigenvalue weighted by atomic mass is 10.2. The first-order valence-corrected chi connectivity index (χ1v) is 9.80. The van der Waals surface area contributed by atoms with Crippen molar-refractivity contribution in [3.05, 3.63) is 76.2 Å². The van der Waals surface area contributed by atoms with Crippen molar-refractivity contribution in [3.63, 3.8) is 0 Å². The van der Waals surface area contributed by atoms with Crippen molar-refractivity contribution in [1.82, 2.24) is 9.36 Å². The highest BCUT2D eigenvalue weighted by Crippen LogP contribution is 2.20. The number of hydrogen-bond acceptors (Lipinski definition) is 3. The van der Waals surface area contributed by atoms with Gasteiger partial charge in [-0.1, -0.05) is 31.5 Å². The zero-order valence-corrected chi connectivity index (χ0v) is 17.4. The van der Waals surface area contributed by atoms with Gasteiger partial charge in [-0.15, -0.1) is 0 Å². The number of anilines is 1. The summed E-state index contributed by atoms with van der Waals surface area (Å²) < 4.78 is 8.98. The van der Waals surface area contributed by atoms with Crippen LogP contribution in [0.4, 0.5) is 5.69 Å². The highest BCUT2D eigenvalue weighted by atomic mass is 16.5. The molecule has 0 atom stereocenters. The average molecular weight is 393 g/mol. The maximum absolute atomic E-state index is 13.1. The molecule has 0 saturated carbocycles. The maximum atomic E-state index is 13.1. The van der Waals surface area contributed by atoms with E-state index in [-0.39, 0.29) is 11.5 Å². The molecule has 0 aliphatic rings. The first-order chi connectivity index (χ1) is 14.0. The molecule has 0 saturated heterocycles. The lowest BCUT2D eigenvalue weighted by Crippen LogP contribution is -2.31. The molecular weight excluding hydrogens is 366 g/mol. The second-order valence-corrected chi connectivity index (χ2v) is 7.00. The summed E-state index contributed by atoms with van der Waals surface area (Å²) >= 11 is 0. The molecule has 3 rings (SSSR count). The van der Waals surface area contributed by atoms with E-state index in [0.717, 1.165) is 24.3 Å². The molecule has 0 fully saturated rings. The van der Waals surface area contributed by atoms with Crippen LogP contribution in [0.25, 0.3) is 5.69 Å². The highest BCUT2D eigenvalue weighted by Gasteiger charge is 2.24. The molecule has 3 aromatic rings. The summed E-state index contributed by atoms with van der Waals surface area (Å²) in [7, 11) is 3.45. The van der Waals surface area contributed by atoms with Crippen molar-refractivity contribution in [2.24, 2.45) is 7.05 Å². The molecule has 6 heteroatoms. The predicted molar refractivity (Wildman–Crippen MR) is 115 cm³/mol. The quantitative estimate of drug-likeness (QED) is 0.571. The Hall–Kier alpha value is -3.28. The van der Waals surface area contributed by atoms with Gasteiger partial charge in [-0.3, -0.25) is 14.3 Å². The van der Waals surface area contributed by atoms with E-state index >= 15 is 0 Å². The van der Waals surface area contributed by atoms with Crippen LogP contribution in [0.5, 0.6) is 5.75 Å². The summed E-state index contributed by atoms with van der Waals surface area (Å²) in [6.07, 6.45) is 2.06. The number of amides is 1. The fraction of sp³-hybridized carbons (Fsp3) is 0.304. The third kappa shape index (κ3) is 4.11.